The maximum Gasteiger partial charge on any atom is 0.269 e. The second-order valence-electron chi connectivity index (χ2n) is 8.34. The second kappa shape index (κ2) is 9.97. The molecule has 188 valence electrons. The minimum atomic E-state index is -1.37. The van der Waals surface area contributed by atoms with Gasteiger partial charge in [0.15, 0.2) is 11.5 Å². The van der Waals surface area contributed by atoms with Gasteiger partial charge in [-0.25, -0.2) is 9.37 Å². The number of carbonyl (C=O) groups excluding carboxylic acids is 3. The second-order valence-corrected chi connectivity index (χ2v) is 9.16. The zero-order valence-electron chi connectivity index (χ0n) is 19.1. The number of fused-ring (bicyclic) bond motifs is 1. The van der Waals surface area contributed by atoms with Crippen molar-refractivity contribution in [1.29, 1.82) is 0 Å². The largest absolute Gasteiger partial charge is 0.364 e. The van der Waals surface area contributed by atoms with Gasteiger partial charge in [0.2, 0.25) is 11.8 Å². The van der Waals surface area contributed by atoms with Crippen LogP contribution in [0.2, 0.25) is 0 Å². The molecule has 12 nitrogen and oxygen atoms in total. The minimum Gasteiger partial charge on any atom is -0.364 e. The molecule has 37 heavy (non-hydrogen) atoms. The summed E-state index contributed by atoms with van der Waals surface area (Å²) in [6, 6.07) is 5.93. The van der Waals surface area contributed by atoms with Crippen LogP contribution in [0.25, 0.3) is 22.0 Å². The van der Waals surface area contributed by atoms with Crippen LogP contribution in [0.4, 0.5) is 10.2 Å². The van der Waals surface area contributed by atoms with E-state index in [2.05, 4.69) is 46.5 Å². The molecule has 3 N–H and O–H groups in total. The number of hydrogen-bond donors (Lipinski definition) is 2. The molecule has 0 saturated carbocycles. The van der Waals surface area contributed by atoms with E-state index in [9.17, 15) is 18.8 Å². The van der Waals surface area contributed by atoms with E-state index in [-0.39, 0.29) is 31.0 Å². The Bertz CT molecular complexity index is 1510. The number of aromatic nitrogens is 6. The molecule has 0 bridgehead atoms. The average Bonchev–Trinajstić information content (AvgIpc) is 3.45. The van der Waals surface area contributed by atoms with E-state index in [1.165, 1.54) is 22.0 Å². The molecule has 1 aliphatic rings. The summed E-state index contributed by atoms with van der Waals surface area (Å²) in [5.41, 5.74) is 7.54. The molecule has 1 aliphatic heterocycles. The zero-order valence-corrected chi connectivity index (χ0v) is 20.7. The topological polar surface area (TPSA) is 162 Å². The van der Waals surface area contributed by atoms with Gasteiger partial charge in [0.25, 0.3) is 5.91 Å². The normalized spacial score (nSPS) is 17.2. The van der Waals surface area contributed by atoms with Gasteiger partial charge in [-0.3, -0.25) is 24.0 Å². The van der Waals surface area contributed by atoms with Crippen LogP contribution in [0.15, 0.2) is 53.7 Å². The van der Waals surface area contributed by atoms with Gasteiger partial charge < -0.3 is 16.0 Å². The predicted molar refractivity (Wildman–Crippen MR) is 133 cm³/mol. The third-order valence-corrected chi connectivity index (χ3v) is 6.30. The molecule has 2 atom stereocenters. The molecule has 3 amide bonds. The monoisotopic (exact) mass is 567 g/mol. The highest BCUT2D eigenvalue weighted by atomic mass is 79.9. The van der Waals surface area contributed by atoms with Crippen molar-refractivity contribution in [3.05, 3.63) is 59.3 Å². The van der Waals surface area contributed by atoms with Crippen molar-refractivity contribution in [2.45, 2.75) is 25.2 Å². The van der Waals surface area contributed by atoms with Crippen LogP contribution in [-0.2, 0) is 16.1 Å². The molecule has 0 spiro atoms. The molecule has 4 heterocycles. The molecular weight excluding hydrogens is 549 g/mol. The first kappa shape index (κ1) is 24.4. The summed E-state index contributed by atoms with van der Waals surface area (Å²) in [6.07, 6.45) is 4.37. The molecule has 1 unspecified atom stereocenters. The number of benzene rings is 1. The molecular formula is C23H19BrFN9O3. The van der Waals surface area contributed by atoms with Crippen LogP contribution >= 0.6 is 15.9 Å². The molecule has 14 heteroatoms. The number of alkyl halides is 1. The van der Waals surface area contributed by atoms with Crippen molar-refractivity contribution in [2.24, 2.45) is 5.73 Å². The van der Waals surface area contributed by atoms with Gasteiger partial charge in [0, 0.05) is 17.4 Å². The highest BCUT2D eigenvalue weighted by Gasteiger charge is 2.40. The summed E-state index contributed by atoms with van der Waals surface area (Å²) >= 11 is 3.17. The third-order valence-electron chi connectivity index (χ3n) is 5.92. The Labute approximate surface area is 217 Å². The van der Waals surface area contributed by atoms with E-state index in [0.29, 0.717) is 15.5 Å². The van der Waals surface area contributed by atoms with Crippen LogP contribution in [0, 0.1) is 0 Å². The molecule has 0 aliphatic carbocycles. The number of primary amides is 1. The summed E-state index contributed by atoms with van der Waals surface area (Å²) in [5.74, 6) is -1.72. The highest BCUT2D eigenvalue weighted by molar-refractivity contribution is 9.10. The van der Waals surface area contributed by atoms with Gasteiger partial charge >= 0.3 is 0 Å². The van der Waals surface area contributed by atoms with E-state index in [1.54, 1.807) is 36.7 Å². The molecule has 4 aromatic rings. The fraction of sp³-hybridized carbons (Fsp3) is 0.217. The van der Waals surface area contributed by atoms with Gasteiger partial charge in [-0.2, -0.15) is 15.3 Å². The van der Waals surface area contributed by atoms with E-state index in [1.807, 2.05) is 0 Å². The number of halogens is 2. The van der Waals surface area contributed by atoms with Gasteiger partial charge in [-0.15, -0.1) is 0 Å². The van der Waals surface area contributed by atoms with E-state index in [4.69, 9.17) is 5.73 Å². The highest BCUT2D eigenvalue weighted by Crippen LogP contribution is 2.27. The predicted octanol–water partition coefficient (Wildman–Crippen LogP) is 1.72. The van der Waals surface area contributed by atoms with Crippen LogP contribution in [0.1, 0.15) is 16.9 Å². The summed E-state index contributed by atoms with van der Waals surface area (Å²) in [4.78, 5) is 47.4. The number of nitrogens with one attached hydrogen (secondary N) is 1. The minimum absolute atomic E-state index is 0.0148. The summed E-state index contributed by atoms with van der Waals surface area (Å²) in [5, 5.41) is 14.9. The van der Waals surface area contributed by atoms with Crippen molar-refractivity contribution < 1.29 is 18.8 Å². The van der Waals surface area contributed by atoms with Gasteiger partial charge in [0.1, 0.15) is 23.4 Å². The number of carbonyl (C=O) groups is 3. The van der Waals surface area contributed by atoms with Crippen LogP contribution in [0.3, 0.4) is 0 Å². The van der Waals surface area contributed by atoms with E-state index >= 15 is 0 Å². The lowest BCUT2D eigenvalue weighted by molar-refractivity contribution is -0.137. The fourth-order valence-electron chi connectivity index (χ4n) is 4.26. The standard InChI is InChI=1S/C23H19BrFN9O3/c24-18-8-27-9-19(30-18)31-23(37)17-6-14(25)10-33(17)20(35)11-34-16-2-1-12(13-3-4-28-29-7-13)5-15(16)21(32-34)22(26)36/h1-5,7-9,14,17H,6,10-11H2,(H2,26,36)(H,30,31,37)/t14?,17-/m0/s1. The van der Waals surface area contributed by atoms with Crippen molar-refractivity contribution >= 4 is 50.4 Å². The summed E-state index contributed by atoms with van der Waals surface area (Å²) in [6.45, 7) is -0.574. The zero-order chi connectivity index (χ0) is 26.1. The number of amides is 3. The molecule has 1 saturated heterocycles. The van der Waals surface area contributed by atoms with Crippen LogP contribution in [0.5, 0.6) is 0 Å². The molecule has 0 radical (unpaired) electrons. The number of anilines is 1. The number of likely N-dealkylation sites (tertiary alicyclic amines) is 1. The maximum atomic E-state index is 14.4. The molecule has 5 rings (SSSR count). The molecule has 1 fully saturated rings. The first-order valence-corrected chi connectivity index (χ1v) is 11.9. The summed E-state index contributed by atoms with van der Waals surface area (Å²) in [7, 11) is 0. The van der Waals surface area contributed by atoms with Gasteiger partial charge in [-0.05, 0) is 39.7 Å². The van der Waals surface area contributed by atoms with Crippen LogP contribution < -0.4 is 11.1 Å². The van der Waals surface area contributed by atoms with Crippen molar-refractivity contribution in [1.82, 2.24) is 34.8 Å². The smallest absolute Gasteiger partial charge is 0.269 e. The lowest BCUT2D eigenvalue weighted by atomic mass is 10.0. The number of nitrogens with zero attached hydrogens (tertiary/aromatic N) is 7. The Morgan fingerprint density at radius 3 is 2.70 bits per heavy atom. The first-order chi connectivity index (χ1) is 17.8. The fourth-order valence-corrected chi connectivity index (χ4v) is 4.57. The van der Waals surface area contributed by atoms with Crippen molar-refractivity contribution in [3.63, 3.8) is 0 Å². The SMILES string of the molecule is NC(=O)c1nn(CC(=O)N2CC(F)C[C@H]2C(=O)Nc2cncc(Br)n2)c2ccc(-c3ccnnc3)cc12. The average molecular weight is 568 g/mol. The van der Waals surface area contributed by atoms with E-state index in [0.717, 1.165) is 11.1 Å². The van der Waals surface area contributed by atoms with E-state index < -0.39 is 29.9 Å². The Kier molecular flexibility index (Phi) is 6.56. The molecule has 1 aromatic carbocycles. The third kappa shape index (κ3) is 5.00. The Balaban J connectivity index is 1.41. The molecule has 3 aromatic heterocycles. The lowest BCUT2D eigenvalue weighted by Gasteiger charge is -2.23. The number of hydrogen-bond acceptors (Lipinski definition) is 8. The first-order valence-electron chi connectivity index (χ1n) is 11.1. The Hall–Kier alpha value is -4.33. The number of rotatable bonds is 6. The van der Waals surface area contributed by atoms with Crippen LogP contribution in [-0.4, -0.2) is 71.3 Å². The Morgan fingerprint density at radius 2 is 1.97 bits per heavy atom. The van der Waals surface area contributed by atoms with Crippen molar-refractivity contribution in [3.8, 4) is 11.1 Å². The maximum absolute atomic E-state index is 14.4. The summed E-state index contributed by atoms with van der Waals surface area (Å²) < 4.78 is 16.1. The number of nitrogens with two attached hydrogens (primary N) is 1. The Morgan fingerprint density at radius 1 is 1.14 bits per heavy atom. The van der Waals surface area contributed by atoms with Gasteiger partial charge in [0.05, 0.1) is 36.8 Å². The quantitative estimate of drug-likeness (QED) is 0.355. The van der Waals surface area contributed by atoms with Crippen molar-refractivity contribution in [2.75, 3.05) is 11.9 Å². The lowest BCUT2D eigenvalue weighted by Crippen LogP contribution is -2.44. The van der Waals surface area contributed by atoms with Gasteiger partial charge in [-0.1, -0.05) is 6.07 Å².